The Bertz CT molecular complexity index is 1310. The standard InChI is InChI=1S/C29H29N3O3/c1-35-22-15-13-20(14-16-22)24(25-19-30-26-11-6-5-10-23(25)26)18-31-28(33)27-12-7-17-32(27)29(34)21-8-3-2-4-9-21/h2-6,8-11,13-16,19,24,27,30H,7,12,17-18H2,1H3,(H,31,33). The molecule has 2 heterocycles. The number of H-pyrrole nitrogens is 1. The first-order chi connectivity index (χ1) is 17.2. The molecule has 2 amide bonds. The van der Waals surface area contributed by atoms with Crippen LogP contribution in [0.25, 0.3) is 10.9 Å². The summed E-state index contributed by atoms with van der Waals surface area (Å²) in [4.78, 5) is 31.4. The SMILES string of the molecule is COc1ccc(C(CNC(=O)C2CCCN2C(=O)c2ccccc2)c2c[nH]c3ccccc23)cc1. The Labute approximate surface area is 204 Å². The number of nitrogens with one attached hydrogen (secondary N) is 2. The van der Waals surface area contributed by atoms with E-state index >= 15 is 0 Å². The molecule has 0 radical (unpaired) electrons. The Hall–Kier alpha value is -4.06. The lowest BCUT2D eigenvalue weighted by molar-refractivity contribution is -0.124. The highest BCUT2D eigenvalue weighted by Gasteiger charge is 2.34. The molecular formula is C29H29N3O3. The molecule has 35 heavy (non-hydrogen) atoms. The molecule has 2 atom stereocenters. The number of rotatable bonds is 7. The van der Waals surface area contributed by atoms with Gasteiger partial charge in [-0.05, 0) is 54.3 Å². The number of fused-ring (bicyclic) bond motifs is 1. The Morgan fingerprint density at radius 3 is 2.54 bits per heavy atom. The van der Waals surface area contributed by atoms with E-state index in [0.29, 0.717) is 25.1 Å². The summed E-state index contributed by atoms with van der Waals surface area (Å²) in [5.41, 5.74) is 3.87. The highest BCUT2D eigenvalue weighted by molar-refractivity contribution is 5.98. The smallest absolute Gasteiger partial charge is 0.254 e. The van der Waals surface area contributed by atoms with Gasteiger partial charge in [-0.2, -0.15) is 0 Å². The lowest BCUT2D eigenvalue weighted by atomic mass is 9.90. The molecule has 6 heteroatoms. The first-order valence-corrected chi connectivity index (χ1v) is 12.0. The maximum Gasteiger partial charge on any atom is 0.254 e. The van der Waals surface area contributed by atoms with Gasteiger partial charge in [0.15, 0.2) is 0 Å². The molecule has 0 spiro atoms. The number of carbonyl (C=O) groups excluding carboxylic acids is 2. The van der Waals surface area contributed by atoms with Crippen molar-refractivity contribution in [3.05, 3.63) is 102 Å². The predicted molar refractivity (Wildman–Crippen MR) is 137 cm³/mol. The van der Waals surface area contributed by atoms with Crippen LogP contribution >= 0.6 is 0 Å². The van der Waals surface area contributed by atoms with Gasteiger partial charge in [-0.25, -0.2) is 0 Å². The molecule has 6 nitrogen and oxygen atoms in total. The van der Waals surface area contributed by atoms with Crippen LogP contribution in [0.2, 0.25) is 0 Å². The van der Waals surface area contributed by atoms with Crippen LogP contribution in [-0.4, -0.2) is 47.9 Å². The molecule has 178 valence electrons. The number of carbonyl (C=O) groups is 2. The number of aromatic nitrogens is 1. The van der Waals surface area contributed by atoms with Crippen molar-refractivity contribution in [2.24, 2.45) is 0 Å². The summed E-state index contributed by atoms with van der Waals surface area (Å²) in [5, 5.41) is 4.29. The van der Waals surface area contributed by atoms with Crippen molar-refractivity contribution < 1.29 is 14.3 Å². The van der Waals surface area contributed by atoms with Gasteiger partial charge in [0.2, 0.25) is 5.91 Å². The number of para-hydroxylation sites is 1. The van der Waals surface area contributed by atoms with E-state index in [4.69, 9.17) is 4.74 Å². The minimum absolute atomic E-state index is 0.0549. The van der Waals surface area contributed by atoms with E-state index in [1.807, 2.05) is 66.9 Å². The summed E-state index contributed by atoms with van der Waals surface area (Å²) < 4.78 is 5.33. The van der Waals surface area contributed by atoms with Crippen molar-refractivity contribution in [1.82, 2.24) is 15.2 Å². The van der Waals surface area contributed by atoms with Gasteiger partial charge in [-0.1, -0.05) is 48.5 Å². The summed E-state index contributed by atoms with van der Waals surface area (Å²) >= 11 is 0. The number of likely N-dealkylation sites (tertiary alicyclic amines) is 1. The second-order valence-corrected chi connectivity index (χ2v) is 8.88. The molecule has 5 rings (SSSR count). The van der Waals surface area contributed by atoms with Crippen LogP contribution in [0, 0.1) is 0 Å². The van der Waals surface area contributed by atoms with Gasteiger partial charge in [0.1, 0.15) is 11.8 Å². The van der Waals surface area contributed by atoms with Crippen LogP contribution < -0.4 is 10.1 Å². The van der Waals surface area contributed by atoms with Gasteiger partial charge in [0.25, 0.3) is 5.91 Å². The van der Waals surface area contributed by atoms with E-state index in [9.17, 15) is 9.59 Å². The van der Waals surface area contributed by atoms with Crippen LogP contribution in [0.15, 0.2) is 85.1 Å². The molecular weight excluding hydrogens is 438 g/mol. The highest BCUT2D eigenvalue weighted by Crippen LogP contribution is 2.31. The number of hydrogen-bond acceptors (Lipinski definition) is 3. The summed E-state index contributed by atoms with van der Waals surface area (Å²) in [6.07, 6.45) is 3.51. The molecule has 0 saturated carbocycles. The number of hydrogen-bond donors (Lipinski definition) is 2. The maximum absolute atomic E-state index is 13.3. The predicted octanol–water partition coefficient (Wildman–Crippen LogP) is 4.73. The first kappa shape index (κ1) is 22.7. The third kappa shape index (κ3) is 4.64. The topological polar surface area (TPSA) is 74.4 Å². The number of ether oxygens (including phenoxy) is 1. The highest BCUT2D eigenvalue weighted by atomic mass is 16.5. The second-order valence-electron chi connectivity index (χ2n) is 8.88. The number of methoxy groups -OCH3 is 1. The summed E-state index contributed by atoms with van der Waals surface area (Å²) in [7, 11) is 1.65. The molecule has 0 aliphatic carbocycles. The van der Waals surface area contributed by atoms with E-state index in [-0.39, 0.29) is 17.7 Å². The van der Waals surface area contributed by atoms with Crippen molar-refractivity contribution in [2.75, 3.05) is 20.2 Å². The van der Waals surface area contributed by atoms with Gasteiger partial charge in [-0.15, -0.1) is 0 Å². The van der Waals surface area contributed by atoms with Crippen molar-refractivity contribution in [3.8, 4) is 5.75 Å². The fourth-order valence-electron chi connectivity index (χ4n) is 4.98. The number of aromatic amines is 1. The molecule has 1 fully saturated rings. The van der Waals surface area contributed by atoms with Gasteiger partial charge in [0, 0.05) is 41.7 Å². The molecule has 2 N–H and O–H groups in total. The number of amides is 2. The Morgan fingerprint density at radius 1 is 1.03 bits per heavy atom. The molecule has 3 aromatic carbocycles. The second kappa shape index (κ2) is 10.1. The largest absolute Gasteiger partial charge is 0.497 e. The average molecular weight is 468 g/mol. The summed E-state index contributed by atoms with van der Waals surface area (Å²) in [5.74, 6) is 0.536. The van der Waals surface area contributed by atoms with E-state index in [2.05, 4.69) is 16.4 Å². The number of nitrogens with zero attached hydrogens (tertiary/aromatic N) is 1. The van der Waals surface area contributed by atoms with Gasteiger partial charge in [0.05, 0.1) is 7.11 Å². The van der Waals surface area contributed by atoms with E-state index < -0.39 is 6.04 Å². The summed E-state index contributed by atoms with van der Waals surface area (Å²) in [6.45, 7) is 1.02. The zero-order chi connectivity index (χ0) is 24.2. The molecule has 1 aliphatic rings. The number of benzene rings is 3. The van der Waals surface area contributed by atoms with Crippen molar-refractivity contribution in [1.29, 1.82) is 0 Å². The van der Waals surface area contributed by atoms with Crippen LogP contribution in [-0.2, 0) is 4.79 Å². The van der Waals surface area contributed by atoms with Crippen LogP contribution in [0.5, 0.6) is 5.75 Å². The summed E-state index contributed by atoms with van der Waals surface area (Å²) in [6, 6.07) is 24.8. The maximum atomic E-state index is 13.3. The third-order valence-electron chi connectivity index (χ3n) is 6.83. The Kier molecular flexibility index (Phi) is 6.53. The van der Waals surface area contributed by atoms with E-state index in [1.165, 1.54) is 0 Å². The fourth-order valence-corrected chi connectivity index (χ4v) is 4.98. The molecule has 0 bridgehead atoms. The quantitative estimate of drug-likeness (QED) is 0.413. The lowest BCUT2D eigenvalue weighted by Gasteiger charge is -2.25. The van der Waals surface area contributed by atoms with Crippen LogP contribution in [0.4, 0.5) is 0 Å². The van der Waals surface area contributed by atoms with Gasteiger partial charge in [-0.3, -0.25) is 9.59 Å². The minimum Gasteiger partial charge on any atom is -0.497 e. The van der Waals surface area contributed by atoms with E-state index in [0.717, 1.165) is 34.2 Å². The molecule has 2 unspecified atom stereocenters. The van der Waals surface area contributed by atoms with Crippen molar-refractivity contribution in [3.63, 3.8) is 0 Å². The van der Waals surface area contributed by atoms with Crippen LogP contribution in [0.1, 0.15) is 40.2 Å². The molecule has 4 aromatic rings. The zero-order valence-corrected chi connectivity index (χ0v) is 19.7. The molecule has 1 saturated heterocycles. The lowest BCUT2D eigenvalue weighted by Crippen LogP contribution is -2.46. The molecule has 1 aliphatic heterocycles. The third-order valence-corrected chi connectivity index (χ3v) is 6.83. The van der Waals surface area contributed by atoms with E-state index in [1.54, 1.807) is 24.1 Å². The minimum atomic E-state index is -0.456. The van der Waals surface area contributed by atoms with Gasteiger partial charge >= 0.3 is 0 Å². The normalized spacial score (nSPS) is 16.3. The molecule has 1 aromatic heterocycles. The van der Waals surface area contributed by atoms with Crippen molar-refractivity contribution in [2.45, 2.75) is 24.8 Å². The van der Waals surface area contributed by atoms with Crippen LogP contribution in [0.3, 0.4) is 0 Å². The van der Waals surface area contributed by atoms with Gasteiger partial charge < -0.3 is 19.9 Å². The zero-order valence-electron chi connectivity index (χ0n) is 19.7. The average Bonchev–Trinajstić information content (AvgIpc) is 3.57. The van der Waals surface area contributed by atoms with Crippen molar-refractivity contribution >= 4 is 22.7 Å². The monoisotopic (exact) mass is 467 g/mol. The Balaban J connectivity index is 1.37. The fraction of sp³-hybridized carbons (Fsp3) is 0.241. The first-order valence-electron chi connectivity index (χ1n) is 12.0. The Morgan fingerprint density at radius 2 is 1.77 bits per heavy atom.